The van der Waals surface area contributed by atoms with Gasteiger partial charge in [-0.15, -0.1) is 10.9 Å². The Morgan fingerprint density at radius 3 is 2.10 bits per heavy atom. The molecule has 4 aromatic rings. The number of hydrogen-bond acceptors (Lipinski definition) is 1. The molecule has 1 unspecified atom stereocenters. The first-order valence-corrected chi connectivity index (χ1v) is 10.3. The van der Waals surface area contributed by atoms with E-state index >= 15 is 0 Å². The molecule has 1 spiro atoms. The summed E-state index contributed by atoms with van der Waals surface area (Å²) in [6.07, 6.45) is 0. The average Bonchev–Trinajstić information content (AvgIpc) is 3.08. The van der Waals surface area contributed by atoms with Crippen LogP contribution in [0, 0.1) is 0 Å². The summed E-state index contributed by atoms with van der Waals surface area (Å²) in [5.41, 5.74) is 6.26. The van der Waals surface area contributed by atoms with Gasteiger partial charge in [0.15, 0.2) is 0 Å². The molecule has 1 atom stereocenters. The molecule has 0 saturated carbocycles. The molecule has 2 aliphatic rings. The molecular formula is C25H11B4ClO. The van der Waals surface area contributed by atoms with E-state index in [1.54, 1.807) is 0 Å². The Kier molecular flexibility index (Phi) is 3.90. The maximum Gasteiger partial charge on any atom is 0.133 e. The maximum absolute atomic E-state index is 6.71. The van der Waals surface area contributed by atoms with Crippen molar-refractivity contribution in [3.63, 3.8) is 0 Å². The van der Waals surface area contributed by atoms with Crippen LogP contribution in [0.2, 0.25) is 5.02 Å². The van der Waals surface area contributed by atoms with Crippen LogP contribution in [0.4, 0.5) is 0 Å². The normalized spacial score (nSPS) is 17.5. The van der Waals surface area contributed by atoms with Crippen LogP contribution in [0.25, 0.3) is 11.1 Å². The Balaban J connectivity index is 1.91. The van der Waals surface area contributed by atoms with Crippen molar-refractivity contribution in [1.29, 1.82) is 0 Å². The van der Waals surface area contributed by atoms with Crippen molar-refractivity contribution in [3.05, 3.63) is 94.0 Å². The minimum Gasteiger partial charge on any atom is -0.457 e. The Bertz CT molecular complexity index is 1430. The van der Waals surface area contributed by atoms with E-state index in [0.29, 0.717) is 32.6 Å². The molecule has 1 aliphatic heterocycles. The standard InChI is InChI=1S/C25H11B4ClO/c26-21-19-13-5-1-2-6-14(13)25(20(19)22(27)24(29)23(21)28)15-7-3-4-8-17(15)31-18-11-12(30)9-10-16(18)25/h1-11H. The summed E-state index contributed by atoms with van der Waals surface area (Å²) in [7, 11) is 25.9. The molecule has 0 amide bonds. The van der Waals surface area contributed by atoms with Gasteiger partial charge < -0.3 is 4.74 Å². The number of fused-ring (bicyclic) bond motifs is 9. The summed E-state index contributed by atoms with van der Waals surface area (Å²) >= 11 is 6.34. The number of halogens is 1. The fourth-order valence-electron chi connectivity index (χ4n) is 5.24. The van der Waals surface area contributed by atoms with Crippen LogP contribution in [-0.4, -0.2) is 31.4 Å². The van der Waals surface area contributed by atoms with Gasteiger partial charge in [-0.2, -0.15) is 0 Å². The van der Waals surface area contributed by atoms with Crippen LogP contribution in [-0.2, 0) is 5.41 Å². The molecule has 1 aliphatic carbocycles. The van der Waals surface area contributed by atoms with Crippen LogP contribution >= 0.6 is 11.6 Å². The van der Waals surface area contributed by atoms with Gasteiger partial charge in [-0.3, -0.25) is 0 Å². The molecule has 6 heteroatoms. The van der Waals surface area contributed by atoms with Gasteiger partial charge in [-0.25, -0.2) is 0 Å². The SMILES string of the molecule is [B]c1c([B])c([B])c2c(c1[B])-c1ccccc1C21c2ccccc2Oc2cc(Cl)ccc21. The number of benzene rings is 4. The first kappa shape index (κ1) is 19.0. The number of ether oxygens (including phenoxy) is 1. The largest absolute Gasteiger partial charge is 0.457 e. The van der Waals surface area contributed by atoms with Crippen LogP contribution in [0.15, 0.2) is 66.7 Å². The third kappa shape index (κ3) is 2.23. The van der Waals surface area contributed by atoms with Gasteiger partial charge in [0.05, 0.1) is 5.41 Å². The lowest BCUT2D eigenvalue weighted by Gasteiger charge is -2.41. The highest BCUT2D eigenvalue weighted by Crippen LogP contribution is 2.61. The predicted molar refractivity (Wildman–Crippen MR) is 130 cm³/mol. The zero-order valence-electron chi connectivity index (χ0n) is 16.4. The zero-order chi connectivity index (χ0) is 21.5. The van der Waals surface area contributed by atoms with E-state index in [1.807, 2.05) is 54.6 Å². The number of hydrogen-bond donors (Lipinski definition) is 0. The lowest BCUT2D eigenvalue weighted by molar-refractivity contribution is 0.437. The highest BCUT2D eigenvalue weighted by atomic mass is 35.5. The Hall–Kier alpha value is -2.77. The molecule has 0 aromatic heterocycles. The van der Waals surface area contributed by atoms with Crippen molar-refractivity contribution in [2.45, 2.75) is 5.41 Å². The molecule has 31 heavy (non-hydrogen) atoms. The van der Waals surface area contributed by atoms with Crippen molar-refractivity contribution in [2.75, 3.05) is 0 Å². The Morgan fingerprint density at radius 1 is 0.645 bits per heavy atom. The van der Waals surface area contributed by atoms with E-state index in [1.165, 1.54) is 0 Å². The van der Waals surface area contributed by atoms with Gasteiger partial charge in [0.25, 0.3) is 0 Å². The molecule has 6 rings (SSSR count). The zero-order valence-corrected chi connectivity index (χ0v) is 17.2. The maximum atomic E-state index is 6.71. The van der Waals surface area contributed by atoms with Crippen molar-refractivity contribution < 1.29 is 4.74 Å². The smallest absolute Gasteiger partial charge is 0.133 e. The lowest BCUT2D eigenvalue weighted by atomic mass is 9.58. The van der Waals surface area contributed by atoms with E-state index in [4.69, 9.17) is 47.7 Å². The predicted octanol–water partition coefficient (Wildman–Crippen LogP) is 1.98. The minimum absolute atomic E-state index is 0.294. The van der Waals surface area contributed by atoms with Crippen molar-refractivity contribution in [3.8, 4) is 22.6 Å². The third-order valence-electron chi connectivity index (χ3n) is 6.49. The summed E-state index contributed by atoms with van der Waals surface area (Å²) in [6.45, 7) is 0. The van der Waals surface area contributed by atoms with Crippen LogP contribution in [0.1, 0.15) is 22.3 Å². The molecule has 1 nitrogen and oxygen atoms in total. The summed E-state index contributed by atoms with van der Waals surface area (Å²) < 4.78 is 6.29. The second-order valence-corrected chi connectivity index (χ2v) is 8.38. The molecule has 0 saturated heterocycles. The van der Waals surface area contributed by atoms with Gasteiger partial charge in [0, 0.05) is 16.1 Å². The fourth-order valence-corrected chi connectivity index (χ4v) is 5.40. The van der Waals surface area contributed by atoms with E-state index in [2.05, 4.69) is 12.1 Å². The van der Waals surface area contributed by atoms with Crippen LogP contribution in [0.5, 0.6) is 11.5 Å². The van der Waals surface area contributed by atoms with Crippen molar-refractivity contribution >= 4 is 64.8 Å². The van der Waals surface area contributed by atoms with E-state index in [-0.39, 0.29) is 0 Å². The molecule has 4 aromatic carbocycles. The van der Waals surface area contributed by atoms with Crippen molar-refractivity contribution in [2.24, 2.45) is 0 Å². The summed E-state index contributed by atoms with van der Waals surface area (Å²) in [5, 5.41) is 0.587. The Labute approximate surface area is 191 Å². The second kappa shape index (κ2) is 6.37. The van der Waals surface area contributed by atoms with E-state index in [9.17, 15) is 0 Å². The van der Waals surface area contributed by atoms with Crippen molar-refractivity contribution in [1.82, 2.24) is 0 Å². The highest BCUT2D eigenvalue weighted by Gasteiger charge is 2.52. The fraction of sp³-hybridized carbons (Fsp3) is 0.0400. The monoisotopic (exact) mass is 406 g/mol. The van der Waals surface area contributed by atoms with Gasteiger partial charge in [-0.05, 0) is 40.5 Å². The van der Waals surface area contributed by atoms with Gasteiger partial charge in [0.1, 0.15) is 42.9 Å². The Morgan fingerprint density at radius 2 is 1.29 bits per heavy atom. The average molecular weight is 406 g/mol. The topological polar surface area (TPSA) is 9.23 Å². The van der Waals surface area contributed by atoms with Crippen LogP contribution in [0.3, 0.4) is 0 Å². The lowest BCUT2D eigenvalue weighted by Crippen LogP contribution is -2.52. The summed E-state index contributed by atoms with van der Waals surface area (Å²) in [4.78, 5) is 0. The molecule has 1 heterocycles. The molecule has 8 radical (unpaired) electrons. The van der Waals surface area contributed by atoms with Gasteiger partial charge in [-0.1, -0.05) is 71.1 Å². The first-order valence-electron chi connectivity index (χ1n) is 9.89. The molecule has 0 N–H and O–H groups in total. The molecule has 136 valence electrons. The first-order chi connectivity index (χ1) is 15.0. The number of rotatable bonds is 0. The third-order valence-corrected chi connectivity index (χ3v) is 6.73. The number of para-hydroxylation sites is 1. The molecular weight excluding hydrogens is 395 g/mol. The molecule has 0 bridgehead atoms. The van der Waals surface area contributed by atoms with E-state index in [0.717, 1.165) is 39.1 Å². The van der Waals surface area contributed by atoms with E-state index < -0.39 is 5.41 Å². The summed E-state index contributed by atoms with van der Waals surface area (Å²) in [5.74, 6) is 1.40. The summed E-state index contributed by atoms with van der Waals surface area (Å²) in [6, 6.07) is 21.8. The van der Waals surface area contributed by atoms with Gasteiger partial charge >= 0.3 is 0 Å². The molecule has 0 fully saturated rings. The highest BCUT2D eigenvalue weighted by molar-refractivity contribution is 6.64. The minimum atomic E-state index is -0.763. The quantitative estimate of drug-likeness (QED) is 0.351. The van der Waals surface area contributed by atoms with Gasteiger partial charge in [0.2, 0.25) is 0 Å². The van der Waals surface area contributed by atoms with Crippen LogP contribution < -0.4 is 26.6 Å². The second-order valence-electron chi connectivity index (χ2n) is 7.94.